The molecule has 22 nitrogen and oxygen atoms in total. The third-order valence-corrected chi connectivity index (χ3v) is 8.55. The summed E-state index contributed by atoms with van der Waals surface area (Å²) < 4.78 is 84.0. The number of aliphatic hydroxyl groups is 1. The van der Waals surface area contributed by atoms with E-state index in [-0.39, 0.29) is 34.2 Å². The predicted molar refractivity (Wildman–Crippen MR) is 150 cm³/mol. The second-order valence-electron chi connectivity index (χ2n) is 10.2. The Morgan fingerprint density at radius 2 is 1.47 bits per heavy atom. The van der Waals surface area contributed by atoms with Crippen molar-refractivity contribution in [3.8, 4) is 0 Å². The number of phosphoric ester groups is 1. The van der Waals surface area contributed by atoms with Crippen LogP contribution in [0.5, 0.6) is 0 Å². The van der Waals surface area contributed by atoms with Gasteiger partial charge in [0.05, 0.1) is 25.9 Å². The van der Waals surface area contributed by atoms with Crippen molar-refractivity contribution in [1.29, 1.82) is 0 Å². The quantitative estimate of drug-likeness (QED) is 0.0868. The zero-order valence-corrected chi connectivity index (χ0v) is 25.2. The van der Waals surface area contributed by atoms with Crippen LogP contribution in [0.25, 0.3) is 22.3 Å². The molecule has 254 valence electrons. The van der Waals surface area contributed by atoms with Gasteiger partial charge in [-0.2, -0.15) is 14.9 Å². The molecule has 0 radical (unpaired) electrons. The molecule has 4 aromatic rings. The molecule has 10 atom stereocenters. The molecule has 2 saturated heterocycles. The van der Waals surface area contributed by atoms with Crippen LogP contribution in [0.2, 0.25) is 0 Å². The number of nitrogens with zero attached hydrogens (tertiary/aromatic N) is 6. The maximum atomic E-state index is 15.7. The van der Waals surface area contributed by atoms with Gasteiger partial charge < -0.3 is 35.7 Å². The predicted octanol–water partition coefficient (Wildman–Crippen LogP) is -1.54. The second kappa shape index (κ2) is 12.6. The number of fused-ring (bicyclic) bond motifs is 2. The zero-order valence-electron chi connectivity index (χ0n) is 23.4. The van der Waals surface area contributed by atoms with E-state index in [1.807, 2.05) is 0 Å². The normalized spacial score (nSPS) is 29.5. The monoisotopic (exact) mass is 709 g/mol. The molecule has 2 aliphatic rings. The van der Waals surface area contributed by atoms with Crippen LogP contribution in [0.3, 0.4) is 0 Å². The van der Waals surface area contributed by atoms with Crippen LogP contribution in [0.4, 0.5) is 20.7 Å². The molecule has 2 aliphatic heterocycles. The van der Waals surface area contributed by atoms with E-state index in [2.05, 4.69) is 29.9 Å². The molecule has 4 aromatic heterocycles. The van der Waals surface area contributed by atoms with Crippen LogP contribution in [0.15, 0.2) is 22.2 Å². The number of aliphatic hydroxyl groups excluding tert-OH is 1. The highest BCUT2D eigenvalue weighted by molar-refractivity contribution is 7.47. The maximum Gasteiger partial charge on any atom is 0.534 e. The summed E-state index contributed by atoms with van der Waals surface area (Å²) in [6.07, 6.45) is -13.2. The number of H-pyrrole nitrogens is 2. The minimum atomic E-state index is -5.27. The van der Waals surface area contributed by atoms with Crippen LogP contribution in [-0.4, -0.2) is 110 Å². The Morgan fingerprint density at radius 3 is 1.98 bits per heavy atom. The van der Waals surface area contributed by atoms with Crippen LogP contribution in [0.1, 0.15) is 12.5 Å². The fourth-order valence-corrected chi connectivity index (χ4v) is 6.46. The number of imidazole rings is 2. The van der Waals surface area contributed by atoms with Gasteiger partial charge in [0.15, 0.2) is 47.1 Å². The summed E-state index contributed by atoms with van der Waals surface area (Å²) in [5.74, 6) is -0.630. The minimum Gasteiger partial charge on any atom is -0.394 e. The Labute approximate surface area is 259 Å². The van der Waals surface area contributed by atoms with Gasteiger partial charge in [-0.1, -0.05) is 0 Å². The summed E-state index contributed by atoms with van der Waals surface area (Å²) in [6, 6.07) is 0. The van der Waals surface area contributed by atoms with Crippen LogP contribution in [0, 0.1) is 0 Å². The van der Waals surface area contributed by atoms with Gasteiger partial charge in [0.2, 0.25) is 11.9 Å². The largest absolute Gasteiger partial charge is 0.534 e. The molecule has 6 rings (SSSR count). The third-order valence-electron chi connectivity index (χ3n) is 7.20. The summed E-state index contributed by atoms with van der Waals surface area (Å²) in [5.41, 5.74) is 8.90. The number of nitrogen functional groups attached to an aromatic ring is 2. The number of rotatable bonds is 11. The van der Waals surface area contributed by atoms with Gasteiger partial charge in [-0.15, -0.1) is 0 Å². The first-order valence-corrected chi connectivity index (χ1v) is 16.2. The number of anilines is 2. The van der Waals surface area contributed by atoms with E-state index >= 15 is 8.78 Å². The second-order valence-corrected chi connectivity index (χ2v) is 12.6. The van der Waals surface area contributed by atoms with Crippen molar-refractivity contribution in [2.24, 2.45) is 0 Å². The number of hydrogen-bond donors (Lipinski definition) is 7. The molecule has 0 bridgehead atoms. The number of phosphoric acid groups is 1. The molecular formula is C21H25F2N10O12P2+. The molecule has 0 aliphatic carbocycles. The highest BCUT2D eigenvalue weighted by atomic mass is 31.2. The Bertz CT molecular complexity index is 1990. The maximum absolute atomic E-state index is 15.7. The number of nitrogens with two attached hydrogens (primary N) is 2. The van der Waals surface area contributed by atoms with Crippen molar-refractivity contribution in [1.82, 2.24) is 39.0 Å². The van der Waals surface area contributed by atoms with Gasteiger partial charge in [0.25, 0.3) is 17.5 Å². The average Bonchev–Trinajstić information content (AvgIpc) is 3.75. The van der Waals surface area contributed by atoms with E-state index in [9.17, 15) is 33.6 Å². The highest BCUT2D eigenvalue weighted by Crippen LogP contribution is 2.50. The van der Waals surface area contributed by atoms with Crippen LogP contribution < -0.4 is 22.6 Å². The Hall–Kier alpha value is -3.83. The van der Waals surface area contributed by atoms with Gasteiger partial charge >= 0.3 is 15.9 Å². The summed E-state index contributed by atoms with van der Waals surface area (Å²) in [7, 11) is -8.18. The molecule has 0 spiro atoms. The molecule has 0 amide bonds. The molecule has 0 saturated carbocycles. The molecular weight excluding hydrogens is 684 g/mol. The number of nitrogens with one attached hydrogen (secondary N) is 2. The number of halogens is 2. The number of hydrogen-bond acceptors (Lipinski definition) is 16. The van der Waals surface area contributed by atoms with Gasteiger partial charge in [-0.25, -0.2) is 23.3 Å². The van der Waals surface area contributed by atoms with Crippen molar-refractivity contribution >= 4 is 50.1 Å². The van der Waals surface area contributed by atoms with E-state index in [1.54, 1.807) is 0 Å². The lowest BCUT2D eigenvalue weighted by atomic mass is 10.1. The van der Waals surface area contributed by atoms with Crippen LogP contribution >= 0.6 is 15.9 Å². The first-order valence-electron chi connectivity index (χ1n) is 13.3. The third kappa shape index (κ3) is 6.27. The van der Waals surface area contributed by atoms with Crippen molar-refractivity contribution in [2.45, 2.75) is 49.2 Å². The molecule has 0 aromatic carbocycles. The van der Waals surface area contributed by atoms with E-state index in [1.165, 1.54) is 0 Å². The Kier molecular flexibility index (Phi) is 8.90. The standard InChI is InChI=1S/C21H24F2N10O12P2/c22-8-12(41-5-46(37)38)7(44-18(8)32-3-26-10-14(32)28-20(24)30-16(10)35)2-42-47(39,40)45-13-6(1-34)43-19(9(13)23)33-4-27-11-15(33)29-21(25)31-17(11)36/h3-4,6-9,12-13,18-19,34H,1-2,5H2,(H7-,24,25,28,29,30,31,35,36,37,38,39,40)/p+1/t6-,7-,8?,9?,12?,13?,18-,19-/m1/s1. The molecule has 6 heterocycles. The first-order chi connectivity index (χ1) is 22.3. The fourth-order valence-electron chi connectivity index (χ4n) is 5.20. The molecule has 26 heteroatoms. The van der Waals surface area contributed by atoms with Gasteiger partial charge in [-0.3, -0.25) is 37.7 Å². The smallest absolute Gasteiger partial charge is 0.394 e. The molecule has 2 fully saturated rings. The van der Waals surface area contributed by atoms with E-state index < -0.39 is 95.7 Å². The van der Waals surface area contributed by atoms with Crippen LogP contribution in [-0.2, 0) is 32.4 Å². The van der Waals surface area contributed by atoms with Crippen molar-refractivity contribution in [2.75, 3.05) is 31.0 Å². The van der Waals surface area contributed by atoms with Crippen molar-refractivity contribution in [3.05, 3.63) is 33.4 Å². The highest BCUT2D eigenvalue weighted by Gasteiger charge is 2.52. The number of aromatic amines is 2. The minimum absolute atomic E-state index is 0.183. The van der Waals surface area contributed by atoms with Gasteiger partial charge in [-0.05, 0) is 4.57 Å². The lowest BCUT2D eigenvalue weighted by Crippen LogP contribution is -2.35. The first kappa shape index (κ1) is 33.1. The fraction of sp³-hybridized carbons (Fsp3) is 0.524. The summed E-state index contributed by atoms with van der Waals surface area (Å²) in [6.45, 7) is -1.84. The SMILES string of the molecule is Nc1nc2c(ncn2[C@@H]2O[C@H](COP(=O)(O)OC3C(F)[C@H](n4cnc5c(=O)[nH]c(N)nc54)O[C@@H]3CO)C(OC[P+](=O)O)C2F)c(=O)[nH]1. The van der Waals surface area contributed by atoms with E-state index in [0.717, 1.165) is 21.8 Å². The Balaban J connectivity index is 1.19. The topological polar surface area (TPSA) is 320 Å². The number of aromatic nitrogens is 8. The lowest BCUT2D eigenvalue weighted by molar-refractivity contribution is -0.0618. The number of ether oxygens (including phenoxy) is 3. The van der Waals surface area contributed by atoms with Crippen molar-refractivity contribution < 1.29 is 56.1 Å². The Morgan fingerprint density at radius 1 is 0.957 bits per heavy atom. The summed E-state index contributed by atoms with van der Waals surface area (Å²) in [4.78, 5) is 64.0. The summed E-state index contributed by atoms with van der Waals surface area (Å²) >= 11 is 0. The summed E-state index contributed by atoms with van der Waals surface area (Å²) in [5, 5.41) is 9.80. The molecule has 9 N–H and O–H groups in total. The van der Waals surface area contributed by atoms with E-state index in [0.29, 0.717) is 0 Å². The van der Waals surface area contributed by atoms with Gasteiger partial charge in [0.1, 0.15) is 24.4 Å². The average molecular weight is 709 g/mol. The molecule has 6 unspecified atom stereocenters. The van der Waals surface area contributed by atoms with Gasteiger partial charge in [0, 0.05) is 0 Å². The lowest BCUT2D eigenvalue weighted by Gasteiger charge is -2.23. The van der Waals surface area contributed by atoms with Crippen molar-refractivity contribution in [3.63, 3.8) is 0 Å². The molecule has 47 heavy (non-hydrogen) atoms. The zero-order chi connectivity index (χ0) is 33.8. The number of alkyl halides is 2. The van der Waals surface area contributed by atoms with E-state index in [4.69, 9.17) is 34.7 Å².